The Morgan fingerprint density at radius 3 is 2.82 bits per heavy atom. The van der Waals surface area contributed by atoms with Crippen LogP contribution < -0.4 is 10.6 Å². The average Bonchev–Trinajstić information content (AvgIpc) is 2.21. The van der Waals surface area contributed by atoms with Crippen molar-refractivity contribution in [2.24, 2.45) is 0 Å². The SMILES string of the molecule is CC1CS(=O)(=O)CCN1c1cc(F)ccc1N. The van der Waals surface area contributed by atoms with E-state index in [1.165, 1.54) is 18.2 Å². The van der Waals surface area contributed by atoms with Gasteiger partial charge in [0.2, 0.25) is 0 Å². The monoisotopic (exact) mass is 258 g/mol. The van der Waals surface area contributed by atoms with Crippen molar-refractivity contribution in [2.75, 3.05) is 28.7 Å². The molecule has 1 unspecified atom stereocenters. The summed E-state index contributed by atoms with van der Waals surface area (Å²) < 4.78 is 36.1. The summed E-state index contributed by atoms with van der Waals surface area (Å²) >= 11 is 0. The van der Waals surface area contributed by atoms with Crippen LogP contribution in [0.15, 0.2) is 18.2 Å². The largest absolute Gasteiger partial charge is 0.397 e. The molecule has 1 heterocycles. The Hall–Kier alpha value is -1.30. The lowest BCUT2D eigenvalue weighted by Crippen LogP contribution is -2.47. The molecule has 2 rings (SSSR count). The molecule has 1 fully saturated rings. The van der Waals surface area contributed by atoms with Crippen molar-refractivity contribution in [3.8, 4) is 0 Å². The number of sulfone groups is 1. The summed E-state index contributed by atoms with van der Waals surface area (Å²) in [6.07, 6.45) is 0. The number of anilines is 2. The van der Waals surface area contributed by atoms with E-state index < -0.39 is 9.84 Å². The van der Waals surface area contributed by atoms with Crippen molar-refractivity contribution in [1.29, 1.82) is 0 Å². The van der Waals surface area contributed by atoms with Gasteiger partial charge in [0.05, 0.1) is 22.9 Å². The number of nitrogens with zero attached hydrogens (tertiary/aromatic N) is 1. The summed E-state index contributed by atoms with van der Waals surface area (Å²) in [5.41, 5.74) is 6.84. The predicted molar refractivity (Wildman–Crippen MR) is 66.3 cm³/mol. The molecule has 2 N–H and O–H groups in total. The molecular formula is C11H15FN2O2S. The van der Waals surface area contributed by atoms with Crippen LogP contribution >= 0.6 is 0 Å². The van der Waals surface area contributed by atoms with Crippen molar-refractivity contribution in [3.05, 3.63) is 24.0 Å². The highest BCUT2D eigenvalue weighted by molar-refractivity contribution is 7.91. The molecular weight excluding hydrogens is 243 g/mol. The van der Waals surface area contributed by atoms with Gasteiger partial charge in [0.25, 0.3) is 0 Å². The fraction of sp³-hybridized carbons (Fsp3) is 0.455. The van der Waals surface area contributed by atoms with Crippen molar-refractivity contribution in [2.45, 2.75) is 13.0 Å². The third-order valence-electron chi connectivity index (χ3n) is 2.97. The smallest absolute Gasteiger partial charge is 0.154 e. The first kappa shape index (κ1) is 12.2. The molecule has 0 spiro atoms. The molecule has 4 nitrogen and oxygen atoms in total. The summed E-state index contributed by atoms with van der Waals surface area (Å²) in [5, 5.41) is 0. The van der Waals surface area contributed by atoms with Crippen LogP contribution in [0.2, 0.25) is 0 Å². The van der Waals surface area contributed by atoms with Crippen LogP contribution in [0, 0.1) is 5.82 Å². The van der Waals surface area contributed by atoms with Crippen LogP contribution in [0.1, 0.15) is 6.92 Å². The van der Waals surface area contributed by atoms with Gasteiger partial charge in [-0.2, -0.15) is 0 Å². The molecule has 6 heteroatoms. The number of nitrogens with two attached hydrogens (primary N) is 1. The van der Waals surface area contributed by atoms with E-state index in [9.17, 15) is 12.8 Å². The van der Waals surface area contributed by atoms with Gasteiger partial charge in [-0.05, 0) is 25.1 Å². The number of nitrogen functional groups attached to an aromatic ring is 1. The van der Waals surface area contributed by atoms with Gasteiger partial charge >= 0.3 is 0 Å². The maximum atomic E-state index is 13.2. The highest BCUT2D eigenvalue weighted by atomic mass is 32.2. The Labute approximate surface area is 100 Å². The van der Waals surface area contributed by atoms with E-state index in [2.05, 4.69) is 0 Å². The minimum absolute atomic E-state index is 0.0863. The topological polar surface area (TPSA) is 63.4 Å². The summed E-state index contributed by atoms with van der Waals surface area (Å²) in [5.74, 6) is -0.189. The Kier molecular flexibility index (Phi) is 2.99. The minimum Gasteiger partial charge on any atom is -0.397 e. The Morgan fingerprint density at radius 2 is 2.18 bits per heavy atom. The van der Waals surface area contributed by atoms with E-state index in [0.29, 0.717) is 17.9 Å². The highest BCUT2D eigenvalue weighted by Crippen LogP contribution is 2.28. The van der Waals surface area contributed by atoms with Crippen molar-refractivity contribution in [1.82, 2.24) is 0 Å². The fourth-order valence-electron chi connectivity index (χ4n) is 2.12. The maximum Gasteiger partial charge on any atom is 0.154 e. The quantitative estimate of drug-likeness (QED) is 0.764. The second kappa shape index (κ2) is 4.18. The predicted octanol–water partition coefficient (Wildman–Crippen LogP) is 1.03. The first-order valence-electron chi connectivity index (χ1n) is 5.41. The van der Waals surface area contributed by atoms with E-state index >= 15 is 0 Å². The second-order valence-corrected chi connectivity index (χ2v) is 6.59. The molecule has 17 heavy (non-hydrogen) atoms. The van der Waals surface area contributed by atoms with E-state index in [1.807, 2.05) is 4.90 Å². The van der Waals surface area contributed by atoms with Crippen molar-refractivity contribution in [3.63, 3.8) is 0 Å². The van der Waals surface area contributed by atoms with Gasteiger partial charge in [0.1, 0.15) is 5.82 Å². The van der Waals surface area contributed by atoms with Gasteiger partial charge < -0.3 is 10.6 Å². The van der Waals surface area contributed by atoms with Gasteiger partial charge in [0.15, 0.2) is 9.84 Å². The molecule has 1 atom stereocenters. The zero-order chi connectivity index (χ0) is 12.6. The molecule has 0 aliphatic carbocycles. The van der Waals surface area contributed by atoms with E-state index in [0.717, 1.165) is 0 Å². The maximum absolute atomic E-state index is 13.2. The zero-order valence-electron chi connectivity index (χ0n) is 9.56. The Morgan fingerprint density at radius 1 is 1.47 bits per heavy atom. The lowest BCUT2D eigenvalue weighted by molar-refractivity contribution is 0.567. The average molecular weight is 258 g/mol. The number of hydrogen-bond donors (Lipinski definition) is 1. The molecule has 1 aliphatic heterocycles. The standard InChI is InChI=1S/C11H15FN2O2S/c1-8-7-17(15,16)5-4-14(8)11-6-9(12)2-3-10(11)13/h2-3,6,8H,4-5,7,13H2,1H3. The fourth-order valence-corrected chi connectivity index (χ4v) is 3.68. The minimum atomic E-state index is -2.97. The van der Waals surface area contributed by atoms with Crippen molar-refractivity contribution < 1.29 is 12.8 Å². The number of rotatable bonds is 1. The molecule has 0 aromatic heterocycles. The Bertz CT molecular complexity index is 530. The summed E-state index contributed by atoms with van der Waals surface area (Å²) in [7, 11) is -2.97. The van der Waals surface area contributed by atoms with E-state index in [1.54, 1.807) is 6.92 Å². The van der Waals surface area contributed by atoms with Gasteiger partial charge in [-0.25, -0.2) is 12.8 Å². The Balaban J connectivity index is 2.32. The van der Waals surface area contributed by atoms with Crippen LogP contribution in [0.5, 0.6) is 0 Å². The summed E-state index contributed by atoms with van der Waals surface area (Å²) in [6.45, 7) is 2.16. The zero-order valence-corrected chi connectivity index (χ0v) is 10.4. The normalized spacial score (nSPS) is 23.6. The number of benzene rings is 1. The summed E-state index contributed by atoms with van der Waals surface area (Å²) in [4.78, 5) is 1.85. The van der Waals surface area contributed by atoms with Gasteiger partial charge in [0, 0.05) is 12.6 Å². The van der Waals surface area contributed by atoms with E-state index in [-0.39, 0.29) is 23.4 Å². The third-order valence-corrected chi connectivity index (χ3v) is 4.77. The number of halogens is 1. The molecule has 0 saturated carbocycles. The van der Waals surface area contributed by atoms with Crippen molar-refractivity contribution >= 4 is 21.2 Å². The first-order valence-corrected chi connectivity index (χ1v) is 7.23. The van der Waals surface area contributed by atoms with Gasteiger partial charge in [-0.15, -0.1) is 0 Å². The molecule has 0 radical (unpaired) electrons. The lowest BCUT2D eigenvalue weighted by atomic mass is 10.2. The highest BCUT2D eigenvalue weighted by Gasteiger charge is 2.29. The second-order valence-electron chi connectivity index (χ2n) is 4.36. The molecule has 1 aliphatic rings. The van der Waals surface area contributed by atoms with Crippen LogP contribution in [-0.4, -0.2) is 32.5 Å². The van der Waals surface area contributed by atoms with Crippen LogP contribution in [-0.2, 0) is 9.84 Å². The van der Waals surface area contributed by atoms with Gasteiger partial charge in [-0.3, -0.25) is 0 Å². The van der Waals surface area contributed by atoms with Crippen LogP contribution in [0.25, 0.3) is 0 Å². The molecule has 1 saturated heterocycles. The number of hydrogen-bond acceptors (Lipinski definition) is 4. The molecule has 1 aromatic carbocycles. The molecule has 94 valence electrons. The van der Waals surface area contributed by atoms with E-state index in [4.69, 9.17) is 5.73 Å². The summed E-state index contributed by atoms with van der Waals surface area (Å²) in [6, 6.07) is 3.96. The van der Waals surface area contributed by atoms with Crippen LogP contribution in [0.4, 0.5) is 15.8 Å². The third kappa shape index (κ3) is 2.52. The first-order chi connectivity index (χ1) is 7.89. The lowest BCUT2D eigenvalue weighted by Gasteiger charge is -2.35. The molecule has 0 bridgehead atoms. The molecule has 0 amide bonds. The van der Waals surface area contributed by atoms with Crippen LogP contribution in [0.3, 0.4) is 0 Å². The molecule has 1 aromatic rings. The van der Waals surface area contributed by atoms with Gasteiger partial charge in [-0.1, -0.05) is 0 Å².